The maximum atomic E-state index is 9.50. The SMILES string of the molecule is Oc1ccc2c(c1)CCC2Nc1cc(Br)cnc1Cl. The van der Waals surface area contributed by atoms with Crippen LogP contribution in [0.5, 0.6) is 5.75 Å². The van der Waals surface area contributed by atoms with Crippen LogP contribution in [0.4, 0.5) is 5.69 Å². The van der Waals surface area contributed by atoms with Gasteiger partial charge in [-0.2, -0.15) is 0 Å². The zero-order valence-electron chi connectivity index (χ0n) is 10.0. The van der Waals surface area contributed by atoms with Crippen molar-refractivity contribution >= 4 is 33.2 Å². The summed E-state index contributed by atoms with van der Waals surface area (Å²) in [7, 11) is 0. The first-order chi connectivity index (χ1) is 9.13. The second-order valence-corrected chi connectivity index (χ2v) is 5.88. The quantitative estimate of drug-likeness (QED) is 0.802. The highest BCUT2D eigenvalue weighted by Gasteiger charge is 2.23. The minimum atomic E-state index is 0.212. The van der Waals surface area contributed by atoms with Crippen LogP contribution in [0.25, 0.3) is 0 Å². The van der Waals surface area contributed by atoms with E-state index in [0.29, 0.717) is 10.9 Å². The van der Waals surface area contributed by atoms with E-state index in [1.807, 2.05) is 18.2 Å². The Bertz CT molecular complexity index is 633. The summed E-state index contributed by atoms with van der Waals surface area (Å²) in [5.41, 5.74) is 3.23. The molecule has 0 saturated heterocycles. The number of hydrogen-bond acceptors (Lipinski definition) is 3. The van der Waals surface area contributed by atoms with Crippen LogP contribution < -0.4 is 5.32 Å². The fourth-order valence-corrected chi connectivity index (χ4v) is 2.95. The summed E-state index contributed by atoms with van der Waals surface area (Å²) in [6.07, 6.45) is 3.62. The number of phenolic OH excluding ortho intramolecular Hbond substituents is 1. The van der Waals surface area contributed by atoms with Gasteiger partial charge >= 0.3 is 0 Å². The van der Waals surface area contributed by atoms with Crippen molar-refractivity contribution in [3.8, 4) is 5.75 Å². The van der Waals surface area contributed by atoms with E-state index < -0.39 is 0 Å². The number of nitrogens with zero attached hydrogens (tertiary/aromatic N) is 1. The Hall–Kier alpha value is -1.26. The van der Waals surface area contributed by atoms with E-state index in [9.17, 15) is 5.11 Å². The van der Waals surface area contributed by atoms with Gasteiger partial charge in [0.25, 0.3) is 0 Å². The highest BCUT2D eigenvalue weighted by atomic mass is 79.9. The molecule has 0 fully saturated rings. The summed E-state index contributed by atoms with van der Waals surface area (Å²) in [5, 5.41) is 13.4. The van der Waals surface area contributed by atoms with Gasteiger partial charge in [-0.3, -0.25) is 0 Å². The van der Waals surface area contributed by atoms with Crippen LogP contribution >= 0.6 is 27.5 Å². The molecule has 19 heavy (non-hydrogen) atoms. The standard InChI is InChI=1S/C14H12BrClN2O/c15-9-6-13(14(16)17-7-9)18-12-4-1-8-5-10(19)2-3-11(8)12/h2-3,5-7,12,18-19H,1,4H2. The van der Waals surface area contributed by atoms with Gasteiger partial charge in [0.1, 0.15) is 5.75 Å². The molecule has 1 unspecified atom stereocenters. The van der Waals surface area contributed by atoms with E-state index >= 15 is 0 Å². The predicted molar refractivity (Wildman–Crippen MR) is 79.7 cm³/mol. The van der Waals surface area contributed by atoms with Crippen molar-refractivity contribution in [2.45, 2.75) is 18.9 Å². The summed E-state index contributed by atoms with van der Waals surface area (Å²) in [5.74, 6) is 0.321. The second-order valence-electron chi connectivity index (χ2n) is 4.61. The molecule has 1 aliphatic carbocycles. The third kappa shape index (κ3) is 2.55. The van der Waals surface area contributed by atoms with Crippen LogP contribution in [-0.2, 0) is 6.42 Å². The Morgan fingerprint density at radius 2 is 2.21 bits per heavy atom. The average molecular weight is 340 g/mol. The monoisotopic (exact) mass is 338 g/mol. The molecule has 1 atom stereocenters. The molecule has 2 N–H and O–H groups in total. The Kier molecular flexibility index (Phi) is 3.37. The van der Waals surface area contributed by atoms with Crippen LogP contribution in [0.2, 0.25) is 5.15 Å². The maximum absolute atomic E-state index is 9.50. The first-order valence-corrected chi connectivity index (χ1v) is 7.20. The molecule has 0 aliphatic heterocycles. The number of halogens is 2. The van der Waals surface area contributed by atoms with Gasteiger partial charge in [-0.15, -0.1) is 0 Å². The molecule has 0 radical (unpaired) electrons. The zero-order valence-corrected chi connectivity index (χ0v) is 12.4. The van der Waals surface area contributed by atoms with Crippen molar-refractivity contribution in [3.05, 3.63) is 51.2 Å². The molecule has 0 saturated carbocycles. The molecule has 3 nitrogen and oxygen atoms in total. The highest BCUT2D eigenvalue weighted by molar-refractivity contribution is 9.10. The van der Waals surface area contributed by atoms with Gasteiger partial charge in [-0.25, -0.2) is 4.98 Å². The summed E-state index contributed by atoms with van der Waals surface area (Å²) >= 11 is 9.49. The first-order valence-electron chi connectivity index (χ1n) is 6.03. The van der Waals surface area contributed by atoms with Crippen LogP contribution in [0.15, 0.2) is 34.9 Å². The van der Waals surface area contributed by atoms with Crippen molar-refractivity contribution in [1.29, 1.82) is 0 Å². The van der Waals surface area contributed by atoms with Crippen molar-refractivity contribution in [3.63, 3.8) is 0 Å². The number of pyridine rings is 1. The third-order valence-electron chi connectivity index (χ3n) is 3.34. The fourth-order valence-electron chi connectivity index (χ4n) is 2.47. The minimum Gasteiger partial charge on any atom is -0.508 e. The molecule has 1 aliphatic rings. The number of benzene rings is 1. The van der Waals surface area contributed by atoms with Gasteiger partial charge in [0.05, 0.1) is 11.7 Å². The van der Waals surface area contributed by atoms with E-state index in [4.69, 9.17) is 11.6 Å². The summed E-state index contributed by atoms with van der Waals surface area (Å²) in [4.78, 5) is 4.11. The first kappa shape index (κ1) is 12.8. The molecule has 2 aromatic rings. The molecule has 0 bridgehead atoms. The van der Waals surface area contributed by atoms with Crippen molar-refractivity contribution in [2.24, 2.45) is 0 Å². The fraction of sp³-hybridized carbons (Fsp3) is 0.214. The Morgan fingerprint density at radius 1 is 1.37 bits per heavy atom. The number of hydrogen-bond donors (Lipinski definition) is 2. The number of anilines is 1. The number of phenols is 1. The number of aromatic hydroxyl groups is 1. The lowest BCUT2D eigenvalue weighted by molar-refractivity contribution is 0.474. The van der Waals surface area contributed by atoms with Gasteiger partial charge in [0, 0.05) is 10.7 Å². The Balaban J connectivity index is 1.88. The average Bonchev–Trinajstić information content (AvgIpc) is 2.76. The number of nitrogens with one attached hydrogen (secondary N) is 1. The topological polar surface area (TPSA) is 45.1 Å². The number of aryl methyl sites for hydroxylation is 1. The summed E-state index contributed by atoms with van der Waals surface area (Å²) < 4.78 is 0.892. The van der Waals surface area contributed by atoms with E-state index in [2.05, 4.69) is 26.2 Å². The summed E-state index contributed by atoms with van der Waals surface area (Å²) in [6.45, 7) is 0. The van der Waals surface area contributed by atoms with E-state index in [-0.39, 0.29) is 6.04 Å². The Morgan fingerprint density at radius 3 is 3.05 bits per heavy atom. The largest absolute Gasteiger partial charge is 0.508 e. The van der Waals surface area contributed by atoms with Crippen LogP contribution in [0.1, 0.15) is 23.6 Å². The molecule has 1 heterocycles. The second kappa shape index (κ2) is 5.02. The van der Waals surface area contributed by atoms with E-state index in [0.717, 1.165) is 23.0 Å². The van der Waals surface area contributed by atoms with E-state index in [1.54, 1.807) is 12.3 Å². The predicted octanol–water partition coefficient (Wildman–Crippen LogP) is 4.30. The number of aromatic nitrogens is 1. The molecule has 5 heteroatoms. The van der Waals surface area contributed by atoms with Gasteiger partial charge in [0.15, 0.2) is 5.15 Å². The van der Waals surface area contributed by atoms with Crippen molar-refractivity contribution < 1.29 is 5.11 Å². The third-order valence-corrected chi connectivity index (χ3v) is 4.07. The van der Waals surface area contributed by atoms with Gasteiger partial charge in [-0.1, -0.05) is 17.7 Å². The lowest BCUT2D eigenvalue weighted by Gasteiger charge is -2.16. The van der Waals surface area contributed by atoms with Gasteiger partial charge in [-0.05, 0) is 58.1 Å². The minimum absolute atomic E-state index is 0.212. The molecule has 1 aromatic heterocycles. The normalized spacial score (nSPS) is 17.3. The molecule has 1 aromatic carbocycles. The van der Waals surface area contributed by atoms with Crippen molar-refractivity contribution in [1.82, 2.24) is 4.98 Å². The lowest BCUT2D eigenvalue weighted by atomic mass is 10.1. The molecule has 0 amide bonds. The Labute approximate surface area is 124 Å². The molecule has 0 spiro atoms. The van der Waals surface area contributed by atoms with Gasteiger partial charge < -0.3 is 10.4 Å². The van der Waals surface area contributed by atoms with Crippen LogP contribution in [-0.4, -0.2) is 10.1 Å². The van der Waals surface area contributed by atoms with Crippen LogP contribution in [0, 0.1) is 0 Å². The smallest absolute Gasteiger partial charge is 0.152 e. The number of fused-ring (bicyclic) bond motifs is 1. The molecule has 98 valence electrons. The summed E-state index contributed by atoms with van der Waals surface area (Å²) in [6, 6.07) is 7.66. The molecular formula is C14H12BrClN2O. The highest BCUT2D eigenvalue weighted by Crippen LogP contribution is 2.37. The van der Waals surface area contributed by atoms with Crippen LogP contribution in [0.3, 0.4) is 0 Å². The van der Waals surface area contributed by atoms with Crippen molar-refractivity contribution in [2.75, 3.05) is 5.32 Å². The molecule has 3 rings (SSSR count). The zero-order chi connectivity index (χ0) is 13.4. The van der Waals surface area contributed by atoms with E-state index in [1.165, 1.54) is 11.1 Å². The molecular weight excluding hydrogens is 328 g/mol. The maximum Gasteiger partial charge on any atom is 0.152 e. The number of rotatable bonds is 2. The van der Waals surface area contributed by atoms with Gasteiger partial charge in [0.2, 0.25) is 0 Å². The lowest BCUT2D eigenvalue weighted by Crippen LogP contribution is -2.07.